The summed E-state index contributed by atoms with van der Waals surface area (Å²) in [6, 6.07) is 8.29. The van der Waals surface area contributed by atoms with E-state index in [0.717, 1.165) is 19.4 Å². The molecule has 0 bridgehead atoms. The van der Waals surface area contributed by atoms with Crippen LogP contribution in [0, 0.1) is 0 Å². The van der Waals surface area contributed by atoms with E-state index in [0.29, 0.717) is 0 Å². The van der Waals surface area contributed by atoms with Gasteiger partial charge >= 0.3 is 0 Å². The highest BCUT2D eigenvalue weighted by Crippen LogP contribution is 2.25. The number of aryl methyl sites for hydroxylation is 1. The maximum absolute atomic E-state index is 9.06. The average Bonchev–Trinajstić information content (AvgIpc) is 2.17. The molecule has 1 aromatic rings. The lowest BCUT2D eigenvalue weighted by atomic mass is 10.0. The lowest BCUT2D eigenvalue weighted by Crippen LogP contribution is -2.29. The van der Waals surface area contributed by atoms with Crippen LogP contribution in [0.4, 0.5) is 5.69 Å². The molecule has 64 valence electrons. The minimum atomic E-state index is 0.136. The van der Waals surface area contributed by atoms with E-state index >= 15 is 0 Å². The molecule has 2 rings (SSSR count). The Balaban J connectivity index is 2.37. The third kappa shape index (κ3) is 1.18. The van der Waals surface area contributed by atoms with E-state index in [9.17, 15) is 0 Å². The molecule has 0 amide bonds. The molecule has 0 saturated carbocycles. The number of hydrogen-bond acceptors (Lipinski definition) is 2. The molecule has 1 aliphatic rings. The first-order valence-electron chi connectivity index (χ1n) is 4.35. The molecular weight excluding hydrogens is 150 g/mol. The van der Waals surface area contributed by atoms with Crippen LogP contribution in [-0.2, 0) is 6.42 Å². The maximum Gasteiger partial charge on any atom is 0.115 e. The van der Waals surface area contributed by atoms with Gasteiger partial charge in [-0.3, -0.25) is 0 Å². The minimum absolute atomic E-state index is 0.136. The van der Waals surface area contributed by atoms with Crippen LogP contribution in [-0.4, -0.2) is 18.4 Å². The number of rotatable bonds is 1. The van der Waals surface area contributed by atoms with Gasteiger partial charge in [0.25, 0.3) is 0 Å². The Morgan fingerprint density at radius 1 is 1.33 bits per heavy atom. The second-order valence-corrected chi connectivity index (χ2v) is 3.14. The average molecular weight is 163 g/mol. The Hall–Kier alpha value is -1.02. The molecule has 1 heterocycles. The Bertz CT molecular complexity index is 272. The quantitative estimate of drug-likeness (QED) is 0.676. The van der Waals surface area contributed by atoms with Gasteiger partial charge < -0.3 is 10.0 Å². The molecule has 1 aliphatic heterocycles. The molecule has 0 radical (unpaired) electrons. The van der Waals surface area contributed by atoms with Crippen LogP contribution in [0.15, 0.2) is 24.3 Å². The van der Waals surface area contributed by atoms with Gasteiger partial charge in [0, 0.05) is 12.2 Å². The third-order valence-corrected chi connectivity index (χ3v) is 2.38. The molecule has 12 heavy (non-hydrogen) atoms. The Kier molecular flexibility index (Phi) is 2.00. The third-order valence-electron chi connectivity index (χ3n) is 2.38. The zero-order valence-electron chi connectivity index (χ0n) is 7.03. The fourth-order valence-electron chi connectivity index (χ4n) is 1.76. The van der Waals surface area contributed by atoms with E-state index in [1.165, 1.54) is 11.3 Å². The van der Waals surface area contributed by atoms with Gasteiger partial charge in [0.1, 0.15) is 6.73 Å². The van der Waals surface area contributed by atoms with Crippen molar-refractivity contribution < 1.29 is 5.11 Å². The maximum atomic E-state index is 9.06. The van der Waals surface area contributed by atoms with Crippen molar-refractivity contribution in [1.29, 1.82) is 0 Å². The van der Waals surface area contributed by atoms with Crippen LogP contribution < -0.4 is 4.90 Å². The van der Waals surface area contributed by atoms with Crippen LogP contribution in [0.3, 0.4) is 0 Å². The molecule has 0 saturated heterocycles. The van der Waals surface area contributed by atoms with E-state index in [1.54, 1.807) is 0 Å². The van der Waals surface area contributed by atoms with Crippen molar-refractivity contribution >= 4 is 5.69 Å². The van der Waals surface area contributed by atoms with Crippen molar-refractivity contribution in [1.82, 2.24) is 0 Å². The first kappa shape index (κ1) is 7.62. The van der Waals surface area contributed by atoms with Crippen molar-refractivity contribution in [2.24, 2.45) is 0 Å². The smallest absolute Gasteiger partial charge is 0.115 e. The summed E-state index contributed by atoms with van der Waals surface area (Å²) >= 11 is 0. The van der Waals surface area contributed by atoms with Crippen LogP contribution in [0.2, 0.25) is 0 Å². The van der Waals surface area contributed by atoms with E-state index < -0.39 is 0 Å². The normalized spacial score (nSPS) is 15.9. The van der Waals surface area contributed by atoms with Gasteiger partial charge in [0.05, 0.1) is 0 Å². The Morgan fingerprint density at radius 2 is 2.17 bits per heavy atom. The number of benzene rings is 1. The molecule has 0 atom stereocenters. The van der Waals surface area contributed by atoms with Gasteiger partial charge in [-0.05, 0) is 24.5 Å². The van der Waals surface area contributed by atoms with E-state index in [-0.39, 0.29) is 6.73 Å². The highest BCUT2D eigenvalue weighted by Gasteiger charge is 2.14. The second kappa shape index (κ2) is 3.15. The summed E-state index contributed by atoms with van der Waals surface area (Å²) in [5, 5.41) is 9.06. The van der Waals surface area contributed by atoms with E-state index in [2.05, 4.69) is 18.2 Å². The number of anilines is 1. The van der Waals surface area contributed by atoms with Gasteiger partial charge in [0.15, 0.2) is 0 Å². The summed E-state index contributed by atoms with van der Waals surface area (Å²) in [7, 11) is 0. The molecule has 1 aromatic carbocycles. The van der Waals surface area contributed by atoms with Crippen molar-refractivity contribution in [3.63, 3.8) is 0 Å². The number of aliphatic hydroxyl groups excluding tert-OH is 1. The van der Waals surface area contributed by atoms with Gasteiger partial charge in [0.2, 0.25) is 0 Å². The SMILES string of the molecule is OCN1CCCc2ccccc21. The zero-order chi connectivity index (χ0) is 8.39. The zero-order valence-corrected chi connectivity index (χ0v) is 7.03. The van der Waals surface area contributed by atoms with Crippen molar-refractivity contribution in [3.8, 4) is 0 Å². The van der Waals surface area contributed by atoms with E-state index in [1.807, 2.05) is 11.0 Å². The fraction of sp³-hybridized carbons (Fsp3) is 0.400. The van der Waals surface area contributed by atoms with Crippen LogP contribution in [0.1, 0.15) is 12.0 Å². The number of fused-ring (bicyclic) bond motifs is 1. The predicted octanol–water partition coefficient (Wildman–Crippen LogP) is 1.39. The standard InChI is InChI=1S/C10H13NO/c12-8-11-7-3-5-9-4-1-2-6-10(9)11/h1-2,4,6,12H,3,5,7-8H2. The Morgan fingerprint density at radius 3 is 3.00 bits per heavy atom. The molecule has 0 spiro atoms. The second-order valence-electron chi connectivity index (χ2n) is 3.14. The van der Waals surface area contributed by atoms with Crippen LogP contribution >= 0.6 is 0 Å². The van der Waals surface area contributed by atoms with Crippen molar-refractivity contribution in [3.05, 3.63) is 29.8 Å². The topological polar surface area (TPSA) is 23.5 Å². The number of hydrogen-bond donors (Lipinski definition) is 1. The lowest BCUT2D eigenvalue weighted by Gasteiger charge is -2.29. The predicted molar refractivity (Wildman–Crippen MR) is 49.2 cm³/mol. The summed E-state index contributed by atoms with van der Waals surface area (Å²) in [5.41, 5.74) is 2.56. The summed E-state index contributed by atoms with van der Waals surface area (Å²) in [4.78, 5) is 2.01. The van der Waals surface area contributed by atoms with Gasteiger partial charge in [-0.1, -0.05) is 18.2 Å². The van der Waals surface area contributed by atoms with Crippen molar-refractivity contribution in [2.75, 3.05) is 18.2 Å². The summed E-state index contributed by atoms with van der Waals surface area (Å²) in [5.74, 6) is 0. The van der Waals surface area contributed by atoms with Gasteiger partial charge in [-0.15, -0.1) is 0 Å². The highest BCUT2D eigenvalue weighted by atomic mass is 16.3. The molecule has 2 heteroatoms. The molecule has 2 nitrogen and oxygen atoms in total. The van der Waals surface area contributed by atoms with Crippen molar-refractivity contribution in [2.45, 2.75) is 12.8 Å². The largest absolute Gasteiger partial charge is 0.376 e. The summed E-state index contributed by atoms with van der Waals surface area (Å²) < 4.78 is 0. The molecule has 0 aromatic heterocycles. The molecular formula is C10H13NO. The summed E-state index contributed by atoms with van der Waals surface area (Å²) in [6.45, 7) is 1.12. The monoisotopic (exact) mass is 163 g/mol. The van der Waals surface area contributed by atoms with Gasteiger partial charge in [-0.25, -0.2) is 0 Å². The van der Waals surface area contributed by atoms with Crippen LogP contribution in [0.25, 0.3) is 0 Å². The van der Waals surface area contributed by atoms with Crippen LogP contribution in [0.5, 0.6) is 0 Å². The first-order valence-corrected chi connectivity index (χ1v) is 4.35. The van der Waals surface area contributed by atoms with Gasteiger partial charge in [-0.2, -0.15) is 0 Å². The minimum Gasteiger partial charge on any atom is -0.376 e. The Labute approximate surface area is 72.4 Å². The number of nitrogens with zero attached hydrogens (tertiary/aromatic N) is 1. The molecule has 1 N–H and O–H groups in total. The molecule has 0 fully saturated rings. The lowest BCUT2D eigenvalue weighted by molar-refractivity contribution is 0.288. The molecule has 0 unspecified atom stereocenters. The highest BCUT2D eigenvalue weighted by molar-refractivity contribution is 5.54. The molecule has 0 aliphatic carbocycles. The number of aliphatic hydroxyl groups is 1. The number of para-hydroxylation sites is 1. The summed E-state index contributed by atoms with van der Waals surface area (Å²) in [6.07, 6.45) is 2.30. The van der Waals surface area contributed by atoms with E-state index in [4.69, 9.17) is 5.11 Å². The fourth-order valence-corrected chi connectivity index (χ4v) is 1.76. The first-order chi connectivity index (χ1) is 5.92.